The van der Waals surface area contributed by atoms with Crippen LogP contribution >= 0.6 is 0 Å². The summed E-state index contributed by atoms with van der Waals surface area (Å²) in [5.74, 6) is -2.39. The Hall–Kier alpha value is -1.71. The van der Waals surface area contributed by atoms with Crippen LogP contribution in [0.5, 0.6) is 0 Å². The fourth-order valence-corrected chi connectivity index (χ4v) is 11.8. The van der Waals surface area contributed by atoms with Crippen molar-refractivity contribution in [2.75, 3.05) is 13.2 Å². The zero-order chi connectivity index (χ0) is 30.4. The number of ether oxygens (including phenoxy) is 2. The SMILES string of the molecule is O=C1O[C@H](C2CCCCC2)[C@H](C2CCCCC2)N2[C@H]1[C@@H](C(=O)O)[C@]1(C(=O)NC3CCCCC31)[C@H]2C1CCCCC1OCCO. The van der Waals surface area contributed by atoms with E-state index in [9.17, 15) is 24.6 Å². The fourth-order valence-electron chi connectivity index (χ4n) is 11.8. The molecular weight excluding hydrogens is 560 g/mol. The maximum Gasteiger partial charge on any atom is 0.324 e. The number of carboxylic acids is 1. The van der Waals surface area contributed by atoms with Gasteiger partial charge in [-0.1, -0.05) is 64.2 Å². The number of aliphatic hydroxyl groups excluding tert-OH is 1. The summed E-state index contributed by atoms with van der Waals surface area (Å²) in [7, 11) is 0. The molecule has 4 unspecified atom stereocenters. The van der Waals surface area contributed by atoms with Crippen molar-refractivity contribution in [1.82, 2.24) is 10.2 Å². The van der Waals surface area contributed by atoms with Crippen molar-refractivity contribution in [2.45, 2.75) is 152 Å². The molecule has 4 saturated carbocycles. The van der Waals surface area contributed by atoms with E-state index in [1.54, 1.807) is 0 Å². The molecule has 7 rings (SSSR count). The van der Waals surface area contributed by atoms with Crippen LogP contribution < -0.4 is 5.32 Å². The number of fused-ring (bicyclic) bond motifs is 3. The first-order valence-corrected chi connectivity index (χ1v) is 18.2. The standard InChI is InChI=1S/C35H54N2O7/c38-19-20-43-26-18-10-7-15-23(26)31-35(24-16-8-9-17-25(24)36-34(35)42)27(32(39)40)29-33(41)44-30(22-13-5-2-6-14-22)28(37(29)31)21-11-3-1-4-12-21/h21-31,38H,1-20H2,(H,36,42)(H,39,40)/t23?,24?,25?,26?,27-,28-,29-,30+,31+,35-/m0/s1. The molecule has 7 aliphatic rings. The van der Waals surface area contributed by atoms with Crippen LogP contribution in [-0.4, -0.2) is 82.5 Å². The van der Waals surface area contributed by atoms with Gasteiger partial charge in [0, 0.05) is 18.0 Å². The number of hydrogen-bond donors (Lipinski definition) is 3. The van der Waals surface area contributed by atoms with E-state index in [1.807, 2.05) is 0 Å². The zero-order valence-corrected chi connectivity index (χ0v) is 26.4. The fraction of sp³-hybridized carbons (Fsp3) is 0.914. The molecule has 4 aliphatic carbocycles. The molecule has 0 aromatic carbocycles. The van der Waals surface area contributed by atoms with Crippen LogP contribution in [0.25, 0.3) is 0 Å². The number of amides is 1. The molecule has 0 bridgehead atoms. The number of nitrogens with zero attached hydrogens (tertiary/aromatic N) is 1. The predicted octanol–water partition coefficient (Wildman–Crippen LogP) is 4.44. The second kappa shape index (κ2) is 12.8. The summed E-state index contributed by atoms with van der Waals surface area (Å²) in [5.41, 5.74) is -1.21. The van der Waals surface area contributed by atoms with Crippen molar-refractivity contribution >= 4 is 17.8 Å². The number of nitrogens with one attached hydrogen (secondary N) is 1. The Morgan fingerprint density at radius 3 is 2.20 bits per heavy atom. The maximum absolute atomic E-state index is 14.7. The lowest BCUT2D eigenvalue weighted by molar-refractivity contribution is -0.193. The molecule has 7 fully saturated rings. The van der Waals surface area contributed by atoms with E-state index < -0.39 is 35.4 Å². The number of morpholine rings is 1. The van der Waals surface area contributed by atoms with Gasteiger partial charge in [0.05, 0.1) is 36.7 Å². The van der Waals surface area contributed by atoms with Gasteiger partial charge in [0.15, 0.2) is 0 Å². The van der Waals surface area contributed by atoms with Gasteiger partial charge >= 0.3 is 11.9 Å². The third kappa shape index (κ3) is 4.93. The molecule has 3 N–H and O–H groups in total. The second-order valence-corrected chi connectivity index (χ2v) is 15.3. The van der Waals surface area contributed by atoms with Crippen molar-refractivity contribution in [3.63, 3.8) is 0 Å². The first kappa shape index (κ1) is 30.9. The topological polar surface area (TPSA) is 125 Å². The largest absolute Gasteiger partial charge is 0.481 e. The van der Waals surface area contributed by atoms with Crippen LogP contribution in [0, 0.1) is 35.0 Å². The molecule has 3 heterocycles. The monoisotopic (exact) mass is 614 g/mol. The van der Waals surface area contributed by atoms with Gasteiger partial charge < -0.3 is 25.0 Å². The minimum atomic E-state index is -1.21. The van der Waals surface area contributed by atoms with Crippen LogP contribution in [0.4, 0.5) is 0 Å². The van der Waals surface area contributed by atoms with E-state index in [-0.39, 0.29) is 61.2 Å². The molecule has 3 aliphatic heterocycles. The van der Waals surface area contributed by atoms with Crippen LogP contribution in [0.1, 0.15) is 116 Å². The first-order valence-electron chi connectivity index (χ1n) is 18.2. The summed E-state index contributed by atoms with van der Waals surface area (Å²) in [6.45, 7) is 0.152. The van der Waals surface area contributed by atoms with Gasteiger partial charge in [0.2, 0.25) is 5.91 Å². The average Bonchev–Trinajstić information content (AvgIpc) is 3.53. The number of aliphatic carboxylic acids is 1. The van der Waals surface area contributed by atoms with Gasteiger partial charge in [0.25, 0.3) is 0 Å². The number of carbonyl (C=O) groups is 3. The second-order valence-electron chi connectivity index (χ2n) is 15.3. The zero-order valence-electron chi connectivity index (χ0n) is 26.4. The van der Waals surface area contributed by atoms with Crippen LogP contribution in [-0.2, 0) is 23.9 Å². The summed E-state index contributed by atoms with van der Waals surface area (Å²) in [6, 6.07) is -1.50. The predicted molar refractivity (Wildman–Crippen MR) is 162 cm³/mol. The van der Waals surface area contributed by atoms with Gasteiger partial charge in [-0.15, -0.1) is 0 Å². The Morgan fingerprint density at radius 2 is 1.50 bits per heavy atom. The molecule has 1 amide bonds. The van der Waals surface area contributed by atoms with Gasteiger partial charge in [0.1, 0.15) is 12.1 Å². The van der Waals surface area contributed by atoms with Crippen molar-refractivity contribution in [3.8, 4) is 0 Å². The Labute approximate surface area is 262 Å². The van der Waals surface area contributed by atoms with Gasteiger partial charge in [-0.25, -0.2) is 0 Å². The van der Waals surface area contributed by atoms with E-state index in [0.717, 1.165) is 103 Å². The highest BCUT2D eigenvalue weighted by molar-refractivity contribution is 5.97. The van der Waals surface area contributed by atoms with Crippen molar-refractivity contribution in [3.05, 3.63) is 0 Å². The lowest BCUT2D eigenvalue weighted by Crippen LogP contribution is -2.66. The van der Waals surface area contributed by atoms with Crippen molar-refractivity contribution < 1.29 is 34.1 Å². The van der Waals surface area contributed by atoms with E-state index >= 15 is 0 Å². The Morgan fingerprint density at radius 1 is 0.864 bits per heavy atom. The number of rotatable bonds is 7. The summed E-state index contributed by atoms with van der Waals surface area (Å²) in [5, 5.41) is 24.2. The molecule has 1 spiro atoms. The molecular formula is C35H54N2O7. The van der Waals surface area contributed by atoms with Gasteiger partial charge in [-0.05, 0) is 69.1 Å². The molecule has 0 radical (unpaired) electrons. The van der Waals surface area contributed by atoms with E-state index in [4.69, 9.17) is 9.47 Å². The molecule has 44 heavy (non-hydrogen) atoms. The summed E-state index contributed by atoms with van der Waals surface area (Å²) >= 11 is 0. The van der Waals surface area contributed by atoms with E-state index in [2.05, 4.69) is 10.2 Å². The normalized spacial score (nSPS) is 43.8. The molecule has 0 aromatic heterocycles. The average molecular weight is 615 g/mol. The number of carboxylic acid groups (broad SMARTS) is 1. The minimum Gasteiger partial charge on any atom is -0.481 e. The summed E-state index contributed by atoms with van der Waals surface area (Å²) in [4.78, 5) is 45.2. The number of cyclic esters (lactones) is 1. The third-order valence-corrected chi connectivity index (χ3v) is 13.3. The lowest BCUT2D eigenvalue weighted by atomic mass is 9.56. The van der Waals surface area contributed by atoms with Crippen molar-refractivity contribution in [1.29, 1.82) is 0 Å². The molecule has 0 aromatic rings. The van der Waals surface area contributed by atoms with Gasteiger partial charge in [-0.2, -0.15) is 0 Å². The smallest absolute Gasteiger partial charge is 0.324 e. The summed E-state index contributed by atoms with van der Waals surface area (Å²) < 4.78 is 12.9. The van der Waals surface area contributed by atoms with E-state index in [0.29, 0.717) is 5.92 Å². The van der Waals surface area contributed by atoms with Crippen LogP contribution in [0.15, 0.2) is 0 Å². The Bertz CT molecular complexity index is 1070. The number of aliphatic hydroxyl groups is 1. The highest BCUT2D eigenvalue weighted by atomic mass is 16.6. The van der Waals surface area contributed by atoms with Crippen molar-refractivity contribution in [2.24, 2.45) is 35.0 Å². The van der Waals surface area contributed by atoms with Crippen LogP contribution in [0.3, 0.4) is 0 Å². The molecule has 9 nitrogen and oxygen atoms in total. The highest BCUT2D eigenvalue weighted by Gasteiger charge is 2.78. The van der Waals surface area contributed by atoms with Crippen LogP contribution in [0.2, 0.25) is 0 Å². The van der Waals surface area contributed by atoms with Gasteiger partial charge in [-0.3, -0.25) is 19.3 Å². The number of carbonyl (C=O) groups excluding carboxylic acids is 2. The summed E-state index contributed by atoms with van der Waals surface area (Å²) in [6.07, 6.45) is 18.0. The molecule has 246 valence electrons. The highest BCUT2D eigenvalue weighted by Crippen LogP contribution is 2.63. The number of esters is 1. The first-order chi connectivity index (χ1) is 21.5. The third-order valence-electron chi connectivity index (χ3n) is 13.3. The van der Waals surface area contributed by atoms with E-state index in [1.165, 1.54) is 12.8 Å². The lowest BCUT2D eigenvalue weighted by Gasteiger charge is -2.54. The molecule has 3 saturated heterocycles. The molecule has 10 atom stereocenters. The Balaban J connectivity index is 1.42. The maximum atomic E-state index is 14.7. The quantitative estimate of drug-likeness (QED) is 0.360. The minimum absolute atomic E-state index is 0.0550. The Kier molecular flexibility index (Phi) is 9.01. The number of hydrogen-bond acceptors (Lipinski definition) is 7. The molecule has 9 heteroatoms.